The van der Waals surface area contributed by atoms with Gasteiger partial charge in [-0.05, 0) is 77.0 Å². The van der Waals surface area contributed by atoms with Crippen LogP contribution in [0, 0.1) is 17.8 Å². The van der Waals surface area contributed by atoms with Gasteiger partial charge in [0.1, 0.15) is 5.60 Å². The maximum Gasteiger partial charge on any atom is 0.410 e. The highest BCUT2D eigenvalue weighted by Gasteiger charge is 2.48. The second-order valence-corrected chi connectivity index (χ2v) is 10.4. The Morgan fingerprint density at radius 2 is 1.60 bits per heavy atom. The molecule has 0 aromatic heterocycles. The molecule has 1 amide bonds. The van der Waals surface area contributed by atoms with Crippen LogP contribution in [-0.4, -0.2) is 68.3 Å². The molecule has 3 aliphatic rings. The zero-order valence-electron chi connectivity index (χ0n) is 19.6. The van der Waals surface area contributed by atoms with E-state index in [1.165, 1.54) is 32.1 Å². The van der Waals surface area contributed by atoms with Gasteiger partial charge in [0.05, 0.1) is 25.3 Å². The topological polar surface area (TPSA) is 57.2 Å². The molecule has 1 aliphatic heterocycles. The zero-order valence-corrected chi connectivity index (χ0v) is 19.6. The van der Waals surface area contributed by atoms with Gasteiger partial charge in [0.25, 0.3) is 0 Å². The van der Waals surface area contributed by atoms with E-state index in [9.17, 15) is 4.79 Å². The number of amides is 1. The number of carbonyl (C=O) groups excluding carboxylic acids is 1. The number of ether oxygens (including phenoxy) is 4. The Morgan fingerprint density at radius 1 is 0.933 bits per heavy atom. The molecule has 6 nitrogen and oxygen atoms in total. The van der Waals surface area contributed by atoms with Gasteiger partial charge in [0, 0.05) is 26.4 Å². The van der Waals surface area contributed by atoms with Crippen molar-refractivity contribution in [2.45, 2.75) is 90.4 Å². The minimum Gasteiger partial charge on any atom is -0.444 e. The minimum atomic E-state index is -0.438. The van der Waals surface area contributed by atoms with Crippen LogP contribution in [0.25, 0.3) is 0 Å². The summed E-state index contributed by atoms with van der Waals surface area (Å²) < 4.78 is 23.0. The minimum absolute atomic E-state index is 0.155. The molecule has 1 saturated heterocycles. The van der Waals surface area contributed by atoms with Crippen LogP contribution >= 0.6 is 0 Å². The number of hydrogen-bond acceptors (Lipinski definition) is 5. The normalized spacial score (nSPS) is 28.7. The van der Waals surface area contributed by atoms with Gasteiger partial charge < -0.3 is 23.8 Å². The second kappa shape index (κ2) is 11.1. The lowest BCUT2D eigenvalue weighted by Gasteiger charge is -2.39. The highest BCUT2D eigenvalue weighted by Crippen LogP contribution is 2.52. The van der Waals surface area contributed by atoms with E-state index in [1.807, 2.05) is 20.8 Å². The molecule has 0 aromatic rings. The summed E-state index contributed by atoms with van der Waals surface area (Å²) in [6, 6.07) is 0. The van der Waals surface area contributed by atoms with Gasteiger partial charge in [0.15, 0.2) is 0 Å². The monoisotopic (exact) mass is 425 g/mol. The summed E-state index contributed by atoms with van der Waals surface area (Å²) >= 11 is 0. The summed E-state index contributed by atoms with van der Waals surface area (Å²) in [6.07, 6.45) is 8.81. The van der Waals surface area contributed by atoms with Gasteiger partial charge in [-0.15, -0.1) is 0 Å². The summed E-state index contributed by atoms with van der Waals surface area (Å²) in [4.78, 5) is 13.6. The molecule has 2 atom stereocenters. The Labute approximate surface area is 182 Å². The molecule has 2 saturated carbocycles. The fourth-order valence-corrected chi connectivity index (χ4v) is 4.34. The highest BCUT2D eigenvalue weighted by atomic mass is 16.6. The first-order valence-corrected chi connectivity index (χ1v) is 12.1. The van der Waals surface area contributed by atoms with Crippen molar-refractivity contribution in [1.29, 1.82) is 0 Å². The van der Waals surface area contributed by atoms with Gasteiger partial charge in [0.2, 0.25) is 0 Å². The van der Waals surface area contributed by atoms with Crippen LogP contribution in [0.15, 0.2) is 0 Å². The van der Waals surface area contributed by atoms with Crippen LogP contribution in [0.1, 0.15) is 72.6 Å². The van der Waals surface area contributed by atoms with Crippen molar-refractivity contribution in [2.24, 2.45) is 17.8 Å². The van der Waals surface area contributed by atoms with E-state index >= 15 is 0 Å². The number of rotatable bonds is 13. The molecule has 2 aliphatic carbocycles. The Kier molecular flexibility index (Phi) is 8.84. The predicted octanol–water partition coefficient (Wildman–Crippen LogP) is 4.65. The molecule has 1 heterocycles. The molecule has 3 fully saturated rings. The van der Waals surface area contributed by atoms with Crippen LogP contribution in [0.3, 0.4) is 0 Å². The Hall–Kier alpha value is -0.850. The number of unbranched alkanes of at least 4 members (excludes halogenated alkanes) is 2. The van der Waals surface area contributed by atoms with Gasteiger partial charge >= 0.3 is 6.09 Å². The van der Waals surface area contributed by atoms with Crippen LogP contribution in [0.4, 0.5) is 4.79 Å². The van der Waals surface area contributed by atoms with Crippen LogP contribution in [0.5, 0.6) is 0 Å². The molecule has 174 valence electrons. The lowest BCUT2D eigenvalue weighted by molar-refractivity contribution is -0.0644. The first kappa shape index (κ1) is 23.8. The summed E-state index contributed by atoms with van der Waals surface area (Å²) in [5.41, 5.74) is -0.438. The molecule has 0 radical (unpaired) electrons. The molecule has 0 bridgehead atoms. The zero-order chi connectivity index (χ0) is 21.6. The Bertz CT molecular complexity index is 522. The average molecular weight is 426 g/mol. The van der Waals surface area contributed by atoms with Crippen LogP contribution in [0.2, 0.25) is 0 Å². The largest absolute Gasteiger partial charge is 0.444 e. The number of hydrogen-bond donors (Lipinski definition) is 0. The van der Waals surface area contributed by atoms with E-state index in [0.29, 0.717) is 19.2 Å². The van der Waals surface area contributed by atoms with Gasteiger partial charge in [-0.2, -0.15) is 0 Å². The Morgan fingerprint density at radius 3 is 2.30 bits per heavy atom. The lowest BCUT2D eigenvalue weighted by atomic mass is 9.78. The fraction of sp³-hybridized carbons (Fsp3) is 0.958. The standard InChI is InChI=1S/C24H43NO5/c1-5-6-10-28-20-12-18(13-20)22-14-19(22)17-27-9-7-8-11-29-21-15-25(16-21)23(26)30-24(2,3)4/h18-22H,5-17H2,1-4H3/t18?,19-,20?,22-/m0/s1. The molecule has 0 spiro atoms. The van der Waals surface area contributed by atoms with E-state index in [4.69, 9.17) is 18.9 Å². The summed E-state index contributed by atoms with van der Waals surface area (Å²) in [5.74, 6) is 2.57. The summed E-state index contributed by atoms with van der Waals surface area (Å²) in [5, 5.41) is 0. The van der Waals surface area contributed by atoms with Crippen LogP contribution < -0.4 is 0 Å². The molecular formula is C24H43NO5. The third-order valence-electron chi connectivity index (χ3n) is 6.43. The van der Waals surface area contributed by atoms with E-state index in [1.54, 1.807) is 4.90 Å². The van der Waals surface area contributed by atoms with Crippen LogP contribution in [-0.2, 0) is 18.9 Å². The summed E-state index contributed by atoms with van der Waals surface area (Å²) in [6.45, 7) is 12.6. The van der Waals surface area contributed by atoms with Gasteiger partial charge in [-0.3, -0.25) is 0 Å². The molecule has 6 heteroatoms. The molecule has 3 rings (SSSR count). The van der Waals surface area contributed by atoms with E-state index in [2.05, 4.69) is 6.92 Å². The van der Waals surface area contributed by atoms with Crippen molar-refractivity contribution in [1.82, 2.24) is 4.90 Å². The van der Waals surface area contributed by atoms with Crippen molar-refractivity contribution < 1.29 is 23.7 Å². The van der Waals surface area contributed by atoms with E-state index < -0.39 is 5.60 Å². The molecule has 0 aromatic carbocycles. The first-order chi connectivity index (χ1) is 14.4. The number of likely N-dealkylation sites (tertiary alicyclic amines) is 1. The SMILES string of the molecule is CCCCOC1CC([C@@H]2C[C@H]2COCCCCOC2CN(C(=O)OC(C)(C)C)C2)C1. The molecule has 0 N–H and O–H groups in total. The Balaban J connectivity index is 1.09. The van der Waals surface area contributed by atoms with Crippen molar-refractivity contribution in [3.8, 4) is 0 Å². The average Bonchev–Trinajstić information content (AvgIpc) is 3.34. The van der Waals surface area contributed by atoms with E-state index in [-0.39, 0.29) is 12.2 Å². The maximum absolute atomic E-state index is 11.9. The maximum atomic E-state index is 11.9. The highest BCUT2D eigenvalue weighted by molar-refractivity contribution is 5.69. The van der Waals surface area contributed by atoms with Crippen molar-refractivity contribution in [3.63, 3.8) is 0 Å². The molecule has 0 unspecified atom stereocenters. The van der Waals surface area contributed by atoms with Crippen molar-refractivity contribution >= 4 is 6.09 Å². The fourth-order valence-electron chi connectivity index (χ4n) is 4.34. The van der Waals surface area contributed by atoms with E-state index in [0.717, 1.165) is 57.0 Å². The van der Waals surface area contributed by atoms with Gasteiger partial charge in [-0.25, -0.2) is 4.79 Å². The third kappa shape index (κ3) is 7.69. The number of nitrogens with zero attached hydrogens (tertiary/aromatic N) is 1. The van der Waals surface area contributed by atoms with Gasteiger partial charge in [-0.1, -0.05) is 13.3 Å². The quantitative estimate of drug-likeness (QED) is 0.402. The second-order valence-electron chi connectivity index (χ2n) is 10.4. The molecular weight excluding hydrogens is 382 g/mol. The molecule has 30 heavy (non-hydrogen) atoms. The smallest absolute Gasteiger partial charge is 0.410 e. The lowest BCUT2D eigenvalue weighted by Crippen LogP contribution is -2.55. The predicted molar refractivity (Wildman–Crippen MR) is 117 cm³/mol. The summed E-state index contributed by atoms with van der Waals surface area (Å²) in [7, 11) is 0. The third-order valence-corrected chi connectivity index (χ3v) is 6.43. The number of carbonyl (C=O) groups is 1. The first-order valence-electron chi connectivity index (χ1n) is 12.1. The van der Waals surface area contributed by atoms with Crippen molar-refractivity contribution in [2.75, 3.05) is 39.5 Å². The van der Waals surface area contributed by atoms with Crippen molar-refractivity contribution in [3.05, 3.63) is 0 Å².